The molecule has 21 heavy (non-hydrogen) atoms. The minimum Gasteiger partial charge on any atom is -0.496 e. The Labute approximate surface area is 137 Å². The van der Waals surface area contributed by atoms with Gasteiger partial charge in [0, 0.05) is 0 Å². The lowest BCUT2D eigenvalue weighted by molar-refractivity contribution is 0.406. The maximum atomic E-state index is 5.39. The lowest BCUT2D eigenvalue weighted by atomic mass is 10.0. The second-order valence-electron chi connectivity index (χ2n) is 4.96. The van der Waals surface area contributed by atoms with E-state index in [4.69, 9.17) is 34.7 Å². The van der Waals surface area contributed by atoms with E-state index in [1.165, 1.54) is 0 Å². The number of hydrogen-bond donors (Lipinski definition) is 2. The predicted octanol–water partition coefficient (Wildman–Crippen LogP) is 4.04. The Morgan fingerprint density at radius 3 is 1.52 bits per heavy atom. The highest BCUT2D eigenvalue weighted by Gasteiger charge is 2.24. The maximum Gasteiger partial charge on any atom is 0.122 e. The fourth-order valence-corrected chi connectivity index (χ4v) is 3.05. The minimum atomic E-state index is -0.483. The molecule has 0 bridgehead atoms. The molecule has 0 saturated carbocycles. The maximum absolute atomic E-state index is 5.39. The van der Waals surface area contributed by atoms with Crippen LogP contribution in [-0.4, -0.2) is 18.3 Å². The van der Waals surface area contributed by atoms with Crippen LogP contribution in [0.15, 0.2) is 48.5 Å². The van der Waals surface area contributed by atoms with Crippen LogP contribution in [0.1, 0.15) is 11.1 Å². The van der Waals surface area contributed by atoms with Crippen LogP contribution in [0.4, 0.5) is 0 Å². The summed E-state index contributed by atoms with van der Waals surface area (Å²) >= 11 is 9.47. The Balaban J connectivity index is 2.18. The fourth-order valence-electron chi connectivity index (χ4n) is 2.37. The monoisotopic (exact) mass is 320 g/mol. The topological polar surface area (TPSA) is 18.5 Å². The van der Waals surface area contributed by atoms with Gasteiger partial charge in [-0.1, -0.05) is 36.4 Å². The summed E-state index contributed by atoms with van der Waals surface area (Å²) in [6.07, 6.45) is 1.39. The molecule has 2 aromatic carbocycles. The van der Waals surface area contributed by atoms with E-state index in [-0.39, 0.29) is 0 Å². The molecule has 0 heterocycles. The number of ether oxygens (including phenoxy) is 2. The first-order chi connectivity index (χ1) is 10.1. The van der Waals surface area contributed by atoms with Gasteiger partial charge in [0.1, 0.15) is 11.5 Å². The summed E-state index contributed by atoms with van der Waals surface area (Å²) in [4.78, 5) is 0. The molecule has 4 heteroatoms. The molecule has 0 unspecified atom stereocenters. The SMILES string of the molecule is COc1ccccc1CC(S)(S)Cc1ccccc1OC. The van der Waals surface area contributed by atoms with Gasteiger partial charge in [-0.15, -0.1) is 0 Å². The lowest BCUT2D eigenvalue weighted by Gasteiger charge is -2.24. The Morgan fingerprint density at radius 2 is 1.14 bits per heavy atom. The lowest BCUT2D eigenvalue weighted by Crippen LogP contribution is -2.21. The van der Waals surface area contributed by atoms with E-state index < -0.39 is 4.08 Å². The Kier molecular flexibility index (Phi) is 5.48. The smallest absolute Gasteiger partial charge is 0.122 e. The van der Waals surface area contributed by atoms with E-state index in [0.717, 1.165) is 22.6 Å². The van der Waals surface area contributed by atoms with E-state index >= 15 is 0 Å². The van der Waals surface area contributed by atoms with Gasteiger partial charge in [-0.25, -0.2) is 0 Å². The molecule has 0 aliphatic heterocycles. The van der Waals surface area contributed by atoms with E-state index in [1.807, 2.05) is 48.5 Å². The molecule has 0 saturated heterocycles. The Hall–Kier alpha value is -1.26. The molecular weight excluding hydrogens is 300 g/mol. The summed E-state index contributed by atoms with van der Waals surface area (Å²) in [7, 11) is 3.36. The van der Waals surface area contributed by atoms with Crippen molar-refractivity contribution in [2.75, 3.05) is 14.2 Å². The summed E-state index contributed by atoms with van der Waals surface area (Å²) in [5.41, 5.74) is 2.19. The minimum absolute atomic E-state index is 0.483. The third-order valence-corrected chi connectivity index (χ3v) is 3.96. The zero-order valence-electron chi connectivity index (χ0n) is 12.2. The van der Waals surface area contributed by atoms with Gasteiger partial charge in [-0.05, 0) is 36.1 Å². The molecule has 2 aromatic rings. The van der Waals surface area contributed by atoms with Crippen LogP contribution in [0.2, 0.25) is 0 Å². The molecule has 0 aliphatic rings. The van der Waals surface area contributed by atoms with Crippen LogP contribution in [0, 0.1) is 0 Å². The molecule has 112 valence electrons. The molecule has 0 fully saturated rings. The second kappa shape index (κ2) is 7.14. The molecule has 0 radical (unpaired) electrons. The molecule has 2 nitrogen and oxygen atoms in total. The first-order valence-electron chi connectivity index (χ1n) is 6.74. The van der Waals surface area contributed by atoms with Gasteiger partial charge >= 0.3 is 0 Å². The van der Waals surface area contributed by atoms with Gasteiger partial charge in [0.2, 0.25) is 0 Å². The highest BCUT2D eigenvalue weighted by molar-refractivity contribution is 8.00. The van der Waals surface area contributed by atoms with Gasteiger partial charge in [0.15, 0.2) is 0 Å². The van der Waals surface area contributed by atoms with Crippen LogP contribution < -0.4 is 9.47 Å². The largest absolute Gasteiger partial charge is 0.496 e. The number of rotatable bonds is 6. The fraction of sp³-hybridized carbons (Fsp3) is 0.294. The Morgan fingerprint density at radius 1 is 0.762 bits per heavy atom. The van der Waals surface area contributed by atoms with Crippen molar-refractivity contribution in [1.29, 1.82) is 0 Å². The van der Waals surface area contributed by atoms with E-state index in [0.29, 0.717) is 12.8 Å². The zero-order valence-corrected chi connectivity index (χ0v) is 14.0. The second-order valence-corrected chi connectivity index (χ2v) is 7.02. The zero-order chi connectivity index (χ0) is 15.3. The molecule has 0 spiro atoms. The van der Waals surface area contributed by atoms with Crippen LogP contribution >= 0.6 is 25.3 Å². The molecule has 0 atom stereocenters. The summed E-state index contributed by atoms with van der Waals surface area (Å²) < 4.78 is 10.3. The molecule has 0 aromatic heterocycles. The van der Waals surface area contributed by atoms with Crippen LogP contribution in [0.5, 0.6) is 11.5 Å². The van der Waals surface area contributed by atoms with Crippen LogP contribution in [0.3, 0.4) is 0 Å². The van der Waals surface area contributed by atoms with E-state index in [1.54, 1.807) is 14.2 Å². The van der Waals surface area contributed by atoms with Crippen molar-refractivity contribution in [1.82, 2.24) is 0 Å². The molecule has 2 rings (SSSR count). The summed E-state index contributed by atoms with van der Waals surface area (Å²) in [6.45, 7) is 0. The van der Waals surface area contributed by atoms with Crippen LogP contribution in [-0.2, 0) is 12.8 Å². The van der Waals surface area contributed by atoms with Gasteiger partial charge < -0.3 is 9.47 Å². The third-order valence-electron chi connectivity index (χ3n) is 3.33. The van der Waals surface area contributed by atoms with Gasteiger partial charge in [-0.2, -0.15) is 25.3 Å². The number of methoxy groups -OCH3 is 2. The normalized spacial score (nSPS) is 11.2. The average Bonchev–Trinajstić information content (AvgIpc) is 2.47. The van der Waals surface area contributed by atoms with Crippen LogP contribution in [0.25, 0.3) is 0 Å². The molecule has 0 aliphatic carbocycles. The summed E-state index contributed by atoms with van der Waals surface area (Å²) in [5.74, 6) is 1.73. The predicted molar refractivity (Wildman–Crippen MR) is 94.1 cm³/mol. The van der Waals surface area contributed by atoms with Crippen molar-refractivity contribution in [2.45, 2.75) is 16.9 Å². The van der Waals surface area contributed by atoms with Gasteiger partial charge in [0.25, 0.3) is 0 Å². The van der Waals surface area contributed by atoms with Crippen molar-refractivity contribution in [3.05, 3.63) is 59.7 Å². The van der Waals surface area contributed by atoms with Crippen molar-refractivity contribution in [2.24, 2.45) is 0 Å². The highest BCUT2D eigenvalue weighted by Crippen LogP contribution is 2.34. The average molecular weight is 320 g/mol. The van der Waals surface area contributed by atoms with E-state index in [2.05, 4.69) is 0 Å². The van der Waals surface area contributed by atoms with Crippen molar-refractivity contribution in [3.63, 3.8) is 0 Å². The third kappa shape index (κ3) is 4.35. The standard InChI is InChI=1S/C17H20O2S2/c1-18-15-9-5-3-7-13(15)11-17(20,21)12-14-8-4-6-10-16(14)19-2/h3-10,20-21H,11-12H2,1-2H3. The number of hydrogen-bond acceptors (Lipinski definition) is 4. The Bertz CT molecular complexity index is 545. The highest BCUT2D eigenvalue weighted by atomic mass is 32.2. The van der Waals surface area contributed by atoms with Crippen molar-refractivity contribution < 1.29 is 9.47 Å². The number of benzene rings is 2. The number of thiol groups is 2. The van der Waals surface area contributed by atoms with E-state index in [9.17, 15) is 0 Å². The summed E-state index contributed by atoms with van der Waals surface area (Å²) in [5, 5.41) is 0. The van der Waals surface area contributed by atoms with Gasteiger partial charge in [0.05, 0.1) is 18.3 Å². The van der Waals surface area contributed by atoms with Crippen molar-refractivity contribution in [3.8, 4) is 11.5 Å². The number of para-hydroxylation sites is 2. The molecule has 0 N–H and O–H groups in total. The summed E-state index contributed by atoms with van der Waals surface area (Å²) in [6, 6.07) is 15.9. The first kappa shape index (κ1) is 16.1. The van der Waals surface area contributed by atoms with Gasteiger partial charge in [-0.3, -0.25) is 0 Å². The molecular formula is C17H20O2S2. The first-order valence-corrected chi connectivity index (χ1v) is 7.64. The quantitative estimate of drug-likeness (QED) is 0.618. The van der Waals surface area contributed by atoms with Crippen molar-refractivity contribution >= 4 is 25.3 Å². The molecule has 0 amide bonds.